The third-order valence-electron chi connectivity index (χ3n) is 1.75. The van der Waals surface area contributed by atoms with Gasteiger partial charge in [0.05, 0.1) is 0 Å². The molecule has 1 aromatic rings. The van der Waals surface area contributed by atoms with E-state index < -0.39 is 5.97 Å². The molecule has 17 heavy (non-hydrogen) atoms. The quantitative estimate of drug-likeness (QED) is 0.782. The van der Waals surface area contributed by atoms with Crippen LogP contribution in [0.3, 0.4) is 0 Å². The molecule has 0 amide bonds. The Labute approximate surface area is 103 Å². The lowest BCUT2D eigenvalue weighted by atomic mass is 9.95. The number of rotatable bonds is 2. The Hall–Kier alpha value is -1.83. The van der Waals surface area contributed by atoms with Crippen molar-refractivity contribution in [2.45, 2.75) is 20.8 Å². The fourth-order valence-electron chi connectivity index (χ4n) is 0.910. The van der Waals surface area contributed by atoms with Gasteiger partial charge in [0.25, 0.3) is 0 Å². The summed E-state index contributed by atoms with van der Waals surface area (Å²) in [6.45, 7) is 9.56. The summed E-state index contributed by atoms with van der Waals surface area (Å²) in [5, 5.41) is 7.60. The molecule has 0 unspecified atom stereocenters. The second-order valence-electron chi connectivity index (χ2n) is 4.65. The molecule has 1 N–H and O–H groups in total. The molecule has 1 rings (SSSR count). The highest BCUT2D eigenvalue weighted by Crippen LogP contribution is 2.16. The summed E-state index contributed by atoms with van der Waals surface area (Å²) in [5.74, 6) is -0.981. The molecule has 0 spiro atoms. The number of carboxylic acid groups (broad SMARTS) is 1. The van der Waals surface area contributed by atoms with Crippen molar-refractivity contribution in [1.82, 2.24) is 0 Å². The van der Waals surface area contributed by atoms with Crippen LogP contribution in [0.15, 0.2) is 49.1 Å². The highest BCUT2D eigenvalue weighted by molar-refractivity contribution is 5.78. The van der Waals surface area contributed by atoms with Crippen molar-refractivity contribution in [3.05, 3.63) is 54.6 Å². The minimum atomic E-state index is -0.981. The number of hydrogen-bond donors (Lipinski definition) is 1. The third-order valence-corrected chi connectivity index (χ3v) is 1.75. The zero-order valence-electron chi connectivity index (χ0n) is 10.7. The maximum atomic E-state index is 9.25. The molecule has 0 saturated carbocycles. The summed E-state index contributed by atoms with van der Waals surface area (Å²) in [6, 6.07) is 10.4. The Morgan fingerprint density at radius 1 is 1.24 bits per heavy atom. The molecule has 0 aliphatic carbocycles. The van der Waals surface area contributed by atoms with Gasteiger partial charge in [-0.15, -0.1) is 0 Å². The summed E-state index contributed by atoms with van der Waals surface area (Å²) >= 11 is 0. The van der Waals surface area contributed by atoms with Crippen molar-refractivity contribution in [3.8, 4) is 0 Å². The van der Waals surface area contributed by atoms with Crippen LogP contribution in [0.2, 0.25) is 0 Å². The molecule has 0 radical (unpaired) electrons. The van der Waals surface area contributed by atoms with Crippen molar-refractivity contribution >= 4 is 12.0 Å². The number of carboxylic acids is 1. The Morgan fingerprint density at radius 2 is 1.71 bits per heavy atom. The van der Waals surface area contributed by atoms with Gasteiger partial charge in [0.15, 0.2) is 0 Å². The first-order chi connectivity index (χ1) is 7.85. The number of carbonyl (C=O) groups is 1. The molecule has 92 valence electrons. The molecule has 0 atom stereocenters. The number of benzene rings is 1. The number of hydrogen-bond acceptors (Lipinski definition) is 1. The van der Waals surface area contributed by atoms with Gasteiger partial charge < -0.3 is 5.11 Å². The van der Waals surface area contributed by atoms with E-state index in [0.717, 1.165) is 6.08 Å². The van der Waals surface area contributed by atoms with Crippen LogP contribution in [-0.4, -0.2) is 11.1 Å². The normalized spacial score (nSPS) is 10.5. The lowest BCUT2D eigenvalue weighted by Gasteiger charge is -2.10. The van der Waals surface area contributed by atoms with E-state index in [1.165, 1.54) is 5.56 Å². The van der Waals surface area contributed by atoms with Crippen LogP contribution in [0, 0.1) is 5.41 Å². The van der Waals surface area contributed by atoms with Crippen LogP contribution < -0.4 is 0 Å². The van der Waals surface area contributed by atoms with Gasteiger partial charge >= 0.3 is 5.97 Å². The fraction of sp³-hybridized carbons (Fsp3) is 0.267. The van der Waals surface area contributed by atoms with Crippen LogP contribution in [0.1, 0.15) is 26.3 Å². The summed E-state index contributed by atoms with van der Waals surface area (Å²) < 4.78 is 0. The molecule has 0 aliphatic heterocycles. The summed E-state index contributed by atoms with van der Waals surface area (Å²) in [4.78, 5) is 9.25. The van der Waals surface area contributed by atoms with Crippen LogP contribution in [0.25, 0.3) is 6.08 Å². The SMILES string of the molecule is C=CC(=O)O.CC(C)(C)C=Cc1ccccc1. The van der Waals surface area contributed by atoms with Gasteiger partial charge in [0.2, 0.25) is 0 Å². The number of allylic oxidation sites excluding steroid dienone is 1. The van der Waals surface area contributed by atoms with Crippen molar-refractivity contribution in [2.24, 2.45) is 5.41 Å². The van der Waals surface area contributed by atoms with Gasteiger partial charge in [-0.1, -0.05) is 69.8 Å². The predicted octanol–water partition coefficient (Wildman–Crippen LogP) is 4.00. The van der Waals surface area contributed by atoms with E-state index in [1.54, 1.807) is 0 Å². The van der Waals surface area contributed by atoms with Crippen molar-refractivity contribution in [3.63, 3.8) is 0 Å². The average molecular weight is 232 g/mol. The predicted molar refractivity (Wildman–Crippen MR) is 72.8 cm³/mol. The first-order valence-corrected chi connectivity index (χ1v) is 5.45. The molecule has 0 bridgehead atoms. The lowest BCUT2D eigenvalue weighted by Crippen LogP contribution is -1.97. The molecule has 0 aliphatic rings. The Kier molecular flexibility index (Phi) is 6.64. The minimum absolute atomic E-state index is 0.274. The summed E-state index contributed by atoms with van der Waals surface area (Å²) in [5.41, 5.74) is 1.54. The zero-order chi connectivity index (χ0) is 13.3. The van der Waals surface area contributed by atoms with Gasteiger partial charge in [0, 0.05) is 6.08 Å². The average Bonchev–Trinajstić information content (AvgIpc) is 2.28. The van der Waals surface area contributed by atoms with E-state index in [0.29, 0.717) is 0 Å². The molecule has 0 saturated heterocycles. The van der Waals surface area contributed by atoms with Gasteiger partial charge in [-0.3, -0.25) is 0 Å². The second kappa shape index (κ2) is 7.44. The standard InChI is InChI=1S/C12H16.C3H4O2/c1-12(2,3)10-9-11-7-5-4-6-8-11;1-2-3(4)5/h4-10H,1-3H3;2H,1H2,(H,4,5). The Bertz CT molecular complexity index is 370. The fourth-order valence-corrected chi connectivity index (χ4v) is 0.910. The Morgan fingerprint density at radius 3 is 2.06 bits per heavy atom. The monoisotopic (exact) mass is 232 g/mol. The van der Waals surface area contributed by atoms with Crippen molar-refractivity contribution in [2.75, 3.05) is 0 Å². The van der Waals surface area contributed by atoms with E-state index in [4.69, 9.17) is 5.11 Å². The smallest absolute Gasteiger partial charge is 0.327 e. The highest BCUT2D eigenvalue weighted by Gasteiger charge is 2.02. The topological polar surface area (TPSA) is 37.3 Å². The maximum Gasteiger partial charge on any atom is 0.327 e. The van der Waals surface area contributed by atoms with Crippen LogP contribution in [0.5, 0.6) is 0 Å². The maximum absolute atomic E-state index is 9.25. The lowest BCUT2D eigenvalue weighted by molar-refractivity contribution is -0.131. The van der Waals surface area contributed by atoms with E-state index in [-0.39, 0.29) is 5.41 Å². The zero-order valence-corrected chi connectivity index (χ0v) is 10.7. The largest absolute Gasteiger partial charge is 0.478 e. The Balaban J connectivity index is 0.000000437. The summed E-state index contributed by atoms with van der Waals surface area (Å²) in [6.07, 6.45) is 5.22. The van der Waals surface area contributed by atoms with Crippen LogP contribution in [0.4, 0.5) is 0 Å². The molecule has 2 nitrogen and oxygen atoms in total. The third kappa shape index (κ3) is 10.5. The second-order valence-corrected chi connectivity index (χ2v) is 4.65. The van der Waals surface area contributed by atoms with Gasteiger partial charge in [-0.05, 0) is 11.0 Å². The first-order valence-electron chi connectivity index (χ1n) is 5.45. The molecular weight excluding hydrogens is 212 g/mol. The van der Waals surface area contributed by atoms with E-state index >= 15 is 0 Å². The summed E-state index contributed by atoms with van der Waals surface area (Å²) in [7, 11) is 0. The molecule has 0 fully saturated rings. The molecule has 0 aromatic heterocycles. The number of aliphatic carboxylic acids is 1. The van der Waals surface area contributed by atoms with E-state index in [9.17, 15) is 4.79 Å². The van der Waals surface area contributed by atoms with Gasteiger partial charge in [-0.25, -0.2) is 4.79 Å². The van der Waals surface area contributed by atoms with Gasteiger partial charge in [0.1, 0.15) is 0 Å². The van der Waals surface area contributed by atoms with Crippen LogP contribution >= 0.6 is 0 Å². The molecular formula is C15H20O2. The van der Waals surface area contributed by atoms with E-state index in [1.807, 2.05) is 6.07 Å². The van der Waals surface area contributed by atoms with Crippen LogP contribution in [-0.2, 0) is 4.79 Å². The minimum Gasteiger partial charge on any atom is -0.478 e. The molecule has 0 heterocycles. The molecule has 2 heteroatoms. The first kappa shape index (κ1) is 15.2. The van der Waals surface area contributed by atoms with Crippen molar-refractivity contribution in [1.29, 1.82) is 0 Å². The van der Waals surface area contributed by atoms with E-state index in [2.05, 4.69) is 63.8 Å². The van der Waals surface area contributed by atoms with Crippen molar-refractivity contribution < 1.29 is 9.90 Å². The highest BCUT2D eigenvalue weighted by atomic mass is 16.4. The van der Waals surface area contributed by atoms with Gasteiger partial charge in [-0.2, -0.15) is 0 Å². The molecule has 1 aromatic carbocycles.